The van der Waals surface area contributed by atoms with Gasteiger partial charge in [0, 0.05) is 37.3 Å². The van der Waals surface area contributed by atoms with E-state index in [-0.39, 0.29) is 5.56 Å². The molecule has 2 N–H and O–H groups in total. The van der Waals surface area contributed by atoms with Crippen molar-refractivity contribution in [1.82, 2.24) is 18.6 Å². The average molecular weight is 352 g/mol. The first-order valence-corrected chi connectivity index (χ1v) is 5.88. The Morgan fingerprint density at radius 3 is 2.37 bits per heavy atom. The number of nitrogens with zero attached hydrogens (tertiary/aromatic N) is 2. The fourth-order valence-electron chi connectivity index (χ4n) is 0.936. The van der Waals surface area contributed by atoms with Crippen molar-refractivity contribution in [2.24, 2.45) is 7.05 Å². The number of nitrogens with one attached hydrogen (secondary N) is 2. The molecule has 0 radical (unpaired) electrons. The van der Waals surface area contributed by atoms with Gasteiger partial charge >= 0.3 is 11.4 Å². The minimum Gasteiger partial charge on any atom is -0.313 e. The molecule has 0 saturated heterocycles. The quantitative estimate of drug-likeness (QED) is 0.659. The monoisotopic (exact) mass is 350 g/mol. The average Bonchev–Trinajstić information content (AvgIpc) is 2.37. The van der Waals surface area contributed by atoms with Crippen LogP contribution in [0.25, 0.3) is 0 Å². The first-order chi connectivity index (χ1) is 8.82. The molecule has 0 atom stereocenters. The summed E-state index contributed by atoms with van der Waals surface area (Å²) >= 11 is 8.25. The Labute approximate surface area is 118 Å². The van der Waals surface area contributed by atoms with E-state index in [1.807, 2.05) is 4.98 Å². The van der Waals surface area contributed by atoms with Gasteiger partial charge in [-0.25, -0.2) is 13.7 Å². The van der Waals surface area contributed by atoms with E-state index in [0.717, 1.165) is 8.65 Å². The highest BCUT2D eigenvalue weighted by Gasteiger charge is 1.95. The van der Waals surface area contributed by atoms with Gasteiger partial charge in [-0.15, -0.1) is 0 Å². The highest BCUT2D eigenvalue weighted by atomic mass is 79.9. The highest BCUT2D eigenvalue weighted by Crippen LogP contribution is 1.93. The van der Waals surface area contributed by atoms with Crippen LogP contribution in [-0.4, -0.2) is 18.6 Å². The SMILES string of the molecule is Cn1c(=O)ccn(Cl)c1=O.O=c1[nH]cc(Br)c(=O)[nH]1. The summed E-state index contributed by atoms with van der Waals surface area (Å²) in [5, 5.41) is 0. The van der Waals surface area contributed by atoms with Crippen molar-refractivity contribution in [2.75, 3.05) is 0 Å². The molecule has 10 heteroatoms. The maximum absolute atomic E-state index is 10.8. The molecule has 2 heterocycles. The maximum Gasteiger partial charge on any atom is 0.345 e. The summed E-state index contributed by atoms with van der Waals surface area (Å²) in [6.07, 6.45) is 2.51. The zero-order chi connectivity index (χ0) is 14.6. The normalized spacial score (nSPS) is 9.63. The van der Waals surface area contributed by atoms with Crippen molar-refractivity contribution >= 4 is 27.7 Å². The van der Waals surface area contributed by atoms with Crippen LogP contribution in [0.4, 0.5) is 0 Å². The third kappa shape index (κ3) is 4.07. The molecular formula is C9H8BrClN4O4. The first-order valence-electron chi connectivity index (χ1n) is 4.75. The van der Waals surface area contributed by atoms with Crippen LogP contribution in [-0.2, 0) is 7.05 Å². The molecule has 0 amide bonds. The molecule has 2 aromatic rings. The van der Waals surface area contributed by atoms with E-state index in [4.69, 9.17) is 11.8 Å². The van der Waals surface area contributed by atoms with Crippen LogP contribution in [0.2, 0.25) is 0 Å². The fourth-order valence-corrected chi connectivity index (χ4v) is 1.32. The Morgan fingerprint density at radius 2 is 1.89 bits per heavy atom. The second-order valence-electron chi connectivity index (χ2n) is 3.23. The molecule has 0 spiro atoms. The molecule has 2 rings (SSSR count). The molecule has 0 saturated carbocycles. The molecule has 0 fully saturated rings. The van der Waals surface area contributed by atoms with E-state index in [1.54, 1.807) is 0 Å². The van der Waals surface area contributed by atoms with Gasteiger partial charge in [-0.2, -0.15) is 0 Å². The zero-order valence-electron chi connectivity index (χ0n) is 9.52. The van der Waals surface area contributed by atoms with E-state index in [1.165, 1.54) is 25.5 Å². The molecule has 0 aromatic carbocycles. The number of hydrogen-bond donors (Lipinski definition) is 2. The lowest BCUT2D eigenvalue weighted by atomic mass is 10.6. The number of aromatic nitrogens is 4. The van der Waals surface area contributed by atoms with Crippen molar-refractivity contribution in [1.29, 1.82) is 0 Å². The standard InChI is InChI=1S/C5H5ClN2O2.C4H3BrN2O2/c1-7-4(9)2-3-8(6)5(7)10;5-2-1-6-4(9)7-3(2)8/h2-3H,1H3;1H,(H2,6,7,8,9). The Hall–Kier alpha value is -1.87. The second kappa shape index (κ2) is 6.34. The van der Waals surface area contributed by atoms with Crippen molar-refractivity contribution in [3.8, 4) is 0 Å². The minimum absolute atomic E-state index is 0.321. The lowest BCUT2D eigenvalue weighted by Crippen LogP contribution is -2.33. The second-order valence-corrected chi connectivity index (χ2v) is 4.45. The van der Waals surface area contributed by atoms with E-state index in [0.29, 0.717) is 4.47 Å². The molecule has 0 aliphatic rings. The van der Waals surface area contributed by atoms with Gasteiger partial charge in [0.1, 0.15) is 0 Å². The van der Waals surface area contributed by atoms with E-state index in [2.05, 4.69) is 20.9 Å². The Bertz CT molecular complexity index is 803. The van der Waals surface area contributed by atoms with E-state index < -0.39 is 16.9 Å². The number of halogens is 2. The van der Waals surface area contributed by atoms with Gasteiger partial charge < -0.3 is 4.98 Å². The summed E-state index contributed by atoms with van der Waals surface area (Å²) in [6.45, 7) is 0. The molecule has 0 aliphatic heterocycles. The predicted octanol–water partition coefficient (Wildman–Crippen LogP) is -0.625. The zero-order valence-corrected chi connectivity index (χ0v) is 11.9. The van der Waals surface area contributed by atoms with Crippen LogP contribution in [0.15, 0.2) is 42.1 Å². The van der Waals surface area contributed by atoms with Crippen LogP contribution >= 0.6 is 27.7 Å². The summed E-state index contributed by atoms with van der Waals surface area (Å²) in [7, 11) is 1.36. The van der Waals surface area contributed by atoms with E-state index >= 15 is 0 Å². The molecule has 2 aromatic heterocycles. The Kier molecular flexibility index (Phi) is 5.07. The van der Waals surface area contributed by atoms with Gasteiger partial charge in [0.25, 0.3) is 11.1 Å². The van der Waals surface area contributed by atoms with Crippen LogP contribution < -0.4 is 22.5 Å². The van der Waals surface area contributed by atoms with Crippen molar-refractivity contribution in [3.63, 3.8) is 0 Å². The lowest BCUT2D eigenvalue weighted by Gasteiger charge is -1.94. The summed E-state index contributed by atoms with van der Waals surface area (Å²) in [4.78, 5) is 46.6. The number of hydrogen-bond acceptors (Lipinski definition) is 4. The van der Waals surface area contributed by atoms with Crippen LogP contribution in [0.5, 0.6) is 0 Å². The van der Waals surface area contributed by atoms with Crippen LogP contribution in [0.1, 0.15) is 0 Å². The third-order valence-corrected chi connectivity index (χ3v) is 2.77. The number of rotatable bonds is 0. The molecular weight excluding hydrogens is 343 g/mol. The summed E-state index contributed by atoms with van der Waals surface area (Å²) in [5.41, 5.74) is -1.81. The fraction of sp³-hybridized carbons (Fsp3) is 0.111. The van der Waals surface area contributed by atoms with Crippen molar-refractivity contribution in [3.05, 3.63) is 64.6 Å². The van der Waals surface area contributed by atoms with E-state index in [9.17, 15) is 19.2 Å². The lowest BCUT2D eigenvalue weighted by molar-refractivity contribution is 0.756. The predicted molar refractivity (Wildman–Crippen MR) is 72.6 cm³/mol. The molecule has 0 bridgehead atoms. The van der Waals surface area contributed by atoms with Gasteiger partial charge in [0.15, 0.2) is 0 Å². The number of aromatic amines is 2. The largest absolute Gasteiger partial charge is 0.345 e. The van der Waals surface area contributed by atoms with Crippen LogP contribution in [0.3, 0.4) is 0 Å². The first kappa shape index (κ1) is 15.2. The molecule has 0 unspecified atom stereocenters. The van der Waals surface area contributed by atoms with Crippen molar-refractivity contribution < 1.29 is 0 Å². The Morgan fingerprint density at radius 1 is 1.26 bits per heavy atom. The molecule has 8 nitrogen and oxygen atoms in total. The topological polar surface area (TPSA) is 110 Å². The third-order valence-electron chi connectivity index (χ3n) is 1.92. The summed E-state index contributed by atoms with van der Waals surface area (Å²) < 4.78 is 2.07. The van der Waals surface area contributed by atoms with Crippen LogP contribution in [0, 0.1) is 0 Å². The summed E-state index contributed by atoms with van der Waals surface area (Å²) in [6, 6.07) is 1.22. The van der Waals surface area contributed by atoms with Gasteiger partial charge in [0.2, 0.25) is 0 Å². The highest BCUT2D eigenvalue weighted by molar-refractivity contribution is 9.10. The molecule has 0 aliphatic carbocycles. The summed E-state index contributed by atoms with van der Waals surface area (Å²) in [5.74, 6) is 0. The van der Waals surface area contributed by atoms with Crippen molar-refractivity contribution in [2.45, 2.75) is 0 Å². The van der Waals surface area contributed by atoms with Gasteiger partial charge in [0.05, 0.1) is 4.47 Å². The van der Waals surface area contributed by atoms with Gasteiger partial charge in [-0.1, -0.05) is 0 Å². The number of H-pyrrole nitrogens is 2. The van der Waals surface area contributed by atoms with Gasteiger partial charge in [-0.05, 0) is 15.9 Å². The molecule has 102 valence electrons. The minimum atomic E-state index is -0.533. The maximum atomic E-state index is 10.8. The molecule has 19 heavy (non-hydrogen) atoms. The van der Waals surface area contributed by atoms with Gasteiger partial charge in [-0.3, -0.25) is 19.1 Å². The smallest absolute Gasteiger partial charge is 0.313 e. The Balaban J connectivity index is 0.000000191.